The Kier molecular flexibility index (Phi) is 3.41. The third-order valence-electron chi connectivity index (χ3n) is 5.23. The molecule has 0 spiro atoms. The van der Waals surface area contributed by atoms with Crippen LogP contribution in [0.3, 0.4) is 0 Å². The molecule has 2 aliphatic heterocycles. The van der Waals surface area contributed by atoms with Gasteiger partial charge in [-0.3, -0.25) is 4.79 Å². The Bertz CT molecular complexity index is 976. The summed E-state index contributed by atoms with van der Waals surface area (Å²) in [6.45, 7) is 4.45. The maximum Gasteiger partial charge on any atom is 0.223 e. The number of aryl methyl sites for hydroxylation is 1. The molecule has 1 aromatic carbocycles. The van der Waals surface area contributed by atoms with Crippen LogP contribution in [0.5, 0.6) is 0 Å². The van der Waals surface area contributed by atoms with Gasteiger partial charge in [0.05, 0.1) is 23.3 Å². The van der Waals surface area contributed by atoms with Crippen molar-refractivity contribution in [3.63, 3.8) is 0 Å². The van der Waals surface area contributed by atoms with E-state index in [4.69, 9.17) is 0 Å². The largest absolute Gasteiger partial charge is 0.352 e. The van der Waals surface area contributed by atoms with Gasteiger partial charge in [-0.15, -0.1) is 0 Å². The van der Waals surface area contributed by atoms with E-state index in [0.717, 1.165) is 54.4 Å². The standard InChI is InChI=1S/C19H20N6O/c1-13-21-18(23-11-15(12-23)24-9-5-8-17(24)26)16-10-20-25(19(16)22-13)14-6-3-2-4-7-14/h2-4,6-7,10,15H,5,8-9,11-12H2,1H3. The molecule has 2 aromatic heterocycles. The molecule has 2 aliphatic rings. The molecule has 1 amide bonds. The first-order valence-corrected chi connectivity index (χ1v) is 9.03. The summed E-state index contributed by atoms with van der Waals surface area (Å²) in [6.07, 6.45) is 3.51. The van der Waals surface area contributed by atoms with Gasteiger partial charge in [0.2, 0.25) is 5.91 Å². The van der Waals surface area contributed by atoms with E-state index in [1.165, 1.54) is 0 Å². The van der Waals surface area contributed by atoms with Gasteiger partial charge >= 0.3 is 0 Å². The zero-order valence-corrected chi connectivity index (χ0v) is 14.7. The summed E-state index contributed by atoms with van der Waals surface area (Å²) >= 11 is 0. The van der Waals surface area contributed by atoms with Crippen molar-refractivity contribution in [3.05, 3.63) is 42.4 Å². The minimum atomic E-state index is 0.288. The van der Waals surface area contributed by atoms with Gasteiger partial charge in [0.15, 0.2) is 5.65 Å². The Morgan fingerprint density at radius 1 is 1.12 bits per heavy atom. The SMILES string of the molecule is Cc1nc(N2CC(N3CCCC3=O)C2)c2cnn(-c3ccccc3)c2n1. The lowest BCUT2D eigenvalue weighted by molar-refractivity contribution is -0.130. The van der Waals surface area contributed by atoms with Crippen LogP contribution in [-0.2, 0) is 4.79 Å². The van der Waals surface area contributed by atoms with Crippen LogP contribution in [-0.4, -0.2) is 56.2 Å². The summed E-state index contributed by atoms with van der Waals surface area (Å²) in [5.74, 6) is 1.93. The van der Waals surface area contributed by atoms with Crippen LogP contribution in [0.2, 0.25) is 0 Å². The van der Waals surface area contributed by atoms with Crippen LogP contribution in [0.1, 0.15) is 18.7 Å². The van der Waals surface area contributed by atoms with Crippen LogP contribution in [0.15, 0.2) is 36.5 Å². The lowest BCUT2D eigenvalue weighted by Crippen LogP contribution is -2.60. The van der Waals surface area contributed by atoms with Gasteiger partial charge in [-0.05, 0) is 25.5 Å². The molecule has 132 valence electrons. The van der Waals surface area contributed by atoms with Gasteiger partial charge in [0.25, 0.3) is 0 Å². The third kappa shape index (κ3) is 2.34. The molecule has 26 heavy (non-hydrogen) atoms. The highest BCUT2D eigenvalue weighted by Crippen LogP contribution is 2.31. The van der Waals surface area contributed by atoms with E-state index < -0.39 is 0 Å². The van der Waals surface area contributed by atoms with Gasteiger partial charge in [0.1, 0.15) is 11.6 Å². The maximum absolute atomic E-state index is 11.9. The number of rotatable bonds is 3. The summed E-state index contributed by atoms with van der Waals surface area (Å²) in [5.41, 5.74) is 1.80. The molecule has 0 aliphatic carbocycles. The first-order chi connectivity index (χ1) is 12.7. The van der Waals surface area contributed by atoms with E-state index in [-0.39, 0.29) is 5.91 Å². The molecule has 0 radical (unpaired) electrons. The number of fused-ring (bicyclic) bond motifs is 1. The number of carbonyl (C=O) groups excluding carboxylic acids is 1. The summed E-state index contributed by atoms with van der Waals surface area (Å²) in [5, 5.41) is 5.49. The minimum absolute atomic E-state index is 0.288. The highest BCUT2D eigenvalue weighted by Gasteiger charge is 2.38. The second-order valence-electron chi connectivity index (χ2n) is 6.97. The highest BCUT2D eigenvalue weighted by atomic mass is 16.2. The molecule has 7 nitrogen and oxygen atoms in total. The van der Waals surface area contributed by atoms with Crippen LogP contribution in [0, 0.1) is 6.92 Å². The van der Waals surface area contributed by atoms with Crippen LogP contribution in [0.4, 0.5) is 5.82 Å². The second-order valence-corrected chi connectivity index (χ2v) is 6.97. The smallest absolute Gasteiger partial charge is 0.223 e. The predicted octanol–water partition coefficient (Wildman–Crippen LogP) is 1.93. The Morgan fingerprint density at radius 3 is 2.65 bits per heavy atom. The van der Waals surface area contributed by atoms with Gasteiger partial charge in [-0.2, -0.15) is 5.10 Å². The van der Waals surface area contributed by atoms with Crippen molar-refractivity contribution in [1.29, 1.82) is 0 Å². The predicted molar refractivity (Wildman–Crippen MR) is 98.3 cm³/mol. The summed E-state index contributed by atoms with van der Waals surface area (Å²) in [6, 6.07) is 10.3. The molecular formula is C19H20N6O. The monoisotopic (exact) mass is 348 g/mol. The van der Waals surface area contributed by atoms with E-state index in [0.29, 0.717) is 12.5 Å². The molecule has 5 rings (SSSR count). The van der Waals surface area contributed by atoms with Crippen molar-refractivity contribution < 1.29 is 4.79 Å². The van der Waals surface area contributed by atoms with Gasteiger partial charge in [0, 0.05) is 26.1 Å². The van der Waals surface area contributed by atoms with Gasteiger partial charge in [-0.25, -0.2) is 14.6 Å². The number of benzene rings is 1. The van der Waals surface area contributed by atoms with Gasteiger partial charge < -0.3 is 9.80 Å². The molecular weight excluding hydrogens is 328 g/mol. The summed E-state index contributed by atoms with van der Waals surface area (Å²) in [7, 11) is 0. The summed E-state index contributed by atoms with van der Waals surface area (Å²) < 4.78 is 1.86. The average Bonchev–Trinajstić information content (AvgIpc) is 3.21. The van der Waals surface area contributed by atoms with Crippen LogP contribution in [0.25, 0.3) is 16.7 Å². The number of likely N-dealkylation sites (tertiary alicyclic amines) is 1. The fourth-order valence-electron chi connectivity index (χ4n) is 3.88. The van der Waals surface area contributed by atoms with E-state index in [1.54, 1.807) is 0 Å². The molecule has 0 bridgehead atoms. The molecule has 0 unspecified atom stereocenters. The lowest BCUT2D eigenvalue weighted by Gasteiger charge is -2.44. The number of nitrogens with zero attached hydrogens (tertiary/aromatic N) is 6. The first-order valence-electron chi connectivity index (χ1n) is 9.03. The molecule has 0 atom stereocenters. The topological polar surface area (TPSA) is 67.2 Å². The Morgan fingerprint density at radius 2 is 1.92 bits per heavy atom. The van der Waals surface area contributed by atoms with Crippen molar-refractivity contribution in [2.24, 2.45) is 0 Å². The number of carbonyl (C=O) groups is 1. The third-order valence-corrected chi connectivity index (χ3v) is 5.23. The second kappa shape index (κ2) is 5.79. The maximum atomic E-state index is 11.9. The number of anilines is 1. The fourth-order valence-corrected chi connectivity index (χ4v) is 3.88. The quantitative estimate of drug-likeness (QED) is 0.724. The Hall–Kier alpha value is -2.96. The molecule has 3 aromatic rings. The molecule has 0 saturated carbocycles. The number of hydrogen-bond acceptors (Lipinski definition) is 5. The van der Waals surface area contributed by atoms with E-state index in [9.17, 15) is 4.79 Å². The van der Waals surface area contributed by atoms with Crippen LogP contribution < -0.4 is 4.90 Å². The number of hydrogen-bond donors (Lipinski definition) is 0. The van der Waals surface area contributed by atoms with E-state index in [1.807, 2.05) is 53.0 Å². The minimum Gasteiger partial charge on any atom is -0.352 e. The molecule has 2 fully saturated rings. The normalized spacial score (nSPS) is 18.0. The number of para-hydroxylation sites is 1. The van der Waals surface area contributed by atoms with Crippen molar-refractivity contribution in [2.75, 3.05) is 24.5 Å². The van der Waals surface area contributed by atoms with Crippen molar-refractivity contribution in [1.82, 2.24) is 24.6 Å². The first kappa shape index (κ1) is 15.3. The van der Waals surface area contributed by atoms with E-state index >= 15 is 0 Å². The van der Waals surface area contributed by atoms with Crippen molar-refractivity contribution in [2.45, 2.75) is 25.8 Å². The number of aromatic nitrogens is 4. The fraction of sp³-hybridized carbons (Fsp3) is 0.368. The van der Waals surface area contributed by atoms with Crippen molar-refractivity contribution in [3.8, 4) is 5.69 Å². The summed E-state index contributed by atoms with van der Waals surface area (Å²) in [4.78, 5) is 25.5. The molecule has 0 N–H and O–H groups in total. The Labute approximate surface area is 151 Å². The Balaban J connectivity index is 1.48. The molecule has 2 saturated heterocycles. The molecule has 4 heterocycles. The average molecular weight is 348 g/mol. The zero-order chi connectivity index (χ0) is 17.7. The zero-order valence-electron chi connectivity index (χ0n) is 14.7. The van der Waals surface area contributed by atoms with Gasteiger partial charge in [-0.1, -0.05) is 18.2 Å². The van der Waals surface area contributed by atoms with E-state index in [2.05, 4.69) is 20.0 Å². The van der Waals surface area contributed by atoms with Crippen LogP contribution >= 0.6 is 0 Å². The van der Waals surface area contributed by atoms with Crippen molar-refractivity contribution >= 4 is 22.8 Å². The lowest BCUT2D eigenvalue weighted by atomic mass is 10.1. The molecule has 7 heteroatoms. The highest BCUT2D eigenvalue weighted by molar-refractivity contribution is 5.88. The number of amides is 1.